The van der Waals surface area contributed by atoms with Crippen molar-refractivity contribution in [3.63, 3.8) is 0 Å². The molecule has 0 saturated carbocycles. The molecule has 0 aliphatic rings. The third-order valence-electron chi connectivity index (χ3n) is 3.43. The number of rotatable bonds is 4. The van der Waals surface area contributed by atoms with Crippen LogP contribution in [0, 0.1) is 5.82 Å². The smallest absolute Gasteiger partial charge is 0.257 e. The molecule has 0 unspecified atom stereocenters. The maximum absolute atomic E-state index is 13.0. The largest absolute Gasteiger partial charge is 0.321 e. The summed E-state index contributed by atoms with van der Waals surface area (Å²) < 4.78 is 14.4. The number of hydrogen-bond acceptors (Lipinski definition) is 3. The average Bonchev–Trinajstić information content (AvgIpc) is 2.59. The number of amides is 1. The van der Waals surface area contributed by atoms with Gasteiger partial charge in [-0.2, -0.15) is 0 Å². The normalized spacial score (nSPS) is 10.4. The molecule has 6 heteroatoms. The minimum Gasteiger partial charge on any atom is -0.321 e. The zero-order chi connectivity index (χ0) is 16.9. The number of nitrogens with zero attached hydrogens (tertiary/aromatic N) is 2. The lowest BCUT2D eigenvalue weighted by Gasteiger charge is -2.09. The standard InChI is InChI=1S/C18H14FN3O2/c19-15-6-3-13(4-7-15)11-22-12-14(5-8-17(22)23)18(24)21-16-2-1-9-20-10-16/h1-10,12H,11H2,(H,21,24). The van der Waals surface area contributed by atoms with Gasteiger partial charge in [-0.3, -0.25) is 14.6 Å². The molecule has 3 rings (SSSR count). The van der Waals surface area contributed by atoms with E-state index in [2.05, 4.69) is 10.3 Å². The van der Waals surface area contributed by atoms with Gasteiger partial charge in [-0.15, -0.1) is 0 Å². The van der Waals surface area contributed by atoms with E-state index in [-0.39, 0.29) is 23.8 Å². The molecule has 0 atom stereocenters. The van der Waals surface area contributed by atoms with Gasteiger partial charge in [-0.1, -0.05) is 12.1 Å². The highest BCUT2D eigenvalue weighted by Crippen LogP contribution is 2.08. The van der Waals surface area contributed by atoms with E-state index in [1.165, 1.54) is 41.2 Å². The van der Waals surface area contributed by atoms with E-state index in [0.717, 1.165) is 5.56 Å². The highest BCUT2D eigenvalue weighted by atomic mass is 19.1. The number of anilines is 1. The lowest BCUT2D eigenvalue weighted by molar-refractivity contribution is 0.102. The van der Waals surface area contributed by atoms with E-state index in [1.807, 2.05) is 0 Å². The van der Waals surface area contributed by atoms with E-state index < -0.39 is 0 Å². The Bertz CT molecular complexity index is 906. The Hall–Kier alpha value is -3.28. The van der Waals surface area contributed by atoms with Crippen LogP contribution in [0.5, 0.6) is 0 Å². The molecule has 3 aromatic rings. The van der Waals surface area contributed by atoms with Crippen molar-refractivity contribution in [3.05, 3.63) is 94.4 Å². The van der Waals surface area contributed by atoms with Crippen LogP contribution >= 0.6 is 0 Å². The van der Waals surface area contributed by atoms with Crippen LogP contribution in [-0.2, 0) is 6.54 Å². The maximum Gasteiger partial charge on any atom is 0.257 e. The molecule has 1 aromatic carbocycles. The molecule has 0 aliphatic heterocycles. The van der Waals surface area contributed by atoms with Crippen LogP contribution in [0.2, 0.25) is 0 Å². The van der Waals surface area contributed by atoms with Crippen molar-refractivity contribution in [1.82, 2.24) is 9.55 Å². The van der Waals surface area contributed by atoms with Crippen molar-refractivity contribution in [2.24, 2.45) is 0 Å². The Morgan fingerprint density at radius 1 is 1.12 bits per heavy atom. The minimum absolute atomic E-state index is 0.239. The first-order chi connectivity index (χ1) is 11.6. The first-order valence-electron chi connectivity index (χ1n) is 7.28. The summed E-state index contributed by atoms with van der Waals surface area (Å²) in [5.74, 6) is -0.674. The molecule has 0 radical (unpaired) electrons. The first kappa shape index (κ1) is 15.6. The SMILES string of the molecule is O=C(Nc1cccnc1)c1ccc(=O)n(Cc2ccc(F)cc2)c1. The summed E-state index contributed by atoms with van der Waals surface area (Å²) >= 11 is 0. The van der Waals surface area contributed by atoms with Gasteiger partial charge in [0.15, 0.2) is 0 Å². The van der Waals surface area contributed by atoms with Gasteiger partial charge >= 0.3 is 0 Å². The van der Waals surface area contributed by atoms with E-state index in [1.54, 1.807) is 30.5 Å². The second-order valence-corrected chi connectivity index (χ2v) is 5.21. The summed E-state index contributed by atoms with van der Waals surface area (Å²) in [6.07, 6.45) is 4.63. The van der Waals surface area contributed by atoms with Crippen molar-refractivity contribution in [2.45, 2.75) is 6.54 Å². The van der Waals surface area contributed by atoms with Gasteiger partial charge in [0.1, 0.15) is 5.82 Å². The van der Waals surface area contributed by atoms with Crippen molar-refractivity contribution >= 4 is 11.6 Å². The highest BCUT2D eigenvalue weighted by molar-refractivity contribution is 6.03. The fraction of sp³-hybridized carbons (Fsp3) is 0.0556. The zero-order valence-electron chi connectivity index (χ0n) is 12.6. The second-order valence-electron chi connectivity index (χ2n) is 5.21. The van der Waals surface area contributed by atoms with Crippen LogP contribution in [0.3, 0.4) is 0 Å². The van der Waals surface area contributed by atoms with Crippen LogP contribution in [0.1, 0.15) is 15.9 Å². The summed E-state index contributed by atoms with van der Waals surface area (Å²) in [5, 5.41) is 2.71. The number of aromatic nitrogens is 2. The molecule has 5 nitrogen and oxygen atoms in total. The van der Waals surface area contributed by atoms with Gasteiger partial charge in [0.05, 0.1) is 24.0 Å². The van der Waals surface area contributed by atoms with Crippen molar-refractivity contribution in [3.8, 4) is 0 Å². The zero-order valence-corrected chi connectivity index (χ0v) is 12.6. The Kier molecular flexibility index (Phi) is 4.47. The van der Waals surface area contributed by atoms with Crippen molar-refractivity contribution in [2.75, 3.05) is 5.32 Å². The second kappa shape index (κ2) is 6.87. The lowest BCUT2D eigenvalue weighted by atomic mass is 10.2. The molecule has 1 N–H and O–H groups in total. The fourth-order valence-electron chi connectivity index (χ4n) is 2.22. The van der Waals surface area contributed by atoms with Gasteiger partial charge in [0, 0.05) is 18.5 Å². The first-order valence-corrected chi connectivity index (χ1v) is 7.28. The number of benzene rings is 1. The van der Waals surface area contributed by atoms with Crippen LogP contribution in [0.25, 0.3) is 0 Å². The Balaban J connectivity index is 1.81. The molecular weight excluding hydrogens is 309 g/mol. The van der Waals surface area contributed by atoms with Gasteiger partial charge in [-0.05, 0) is 35.9 Å². The molecule has 0 saturated heterocycles. The van der Waals surface area contributed by atoms with E-state index >= 15 is 0 Å². The minimum atomic E-state index is -0.337. The van der Waals surface area contributed by atoms with E-state index in [4.69, 9.17) is 0 Å². The van der Waals surface area contributed by atoms with E-state index in [9.17, 15) is 14.0 Å². The number of halogens is 1. The van der Waals surface area contributed by atoms with Crippen LogP contribution in [0.4, 0.5) is 10.1 Å². The molecule has 0 fully saturated rings. The molecule has 0 aliphatic carbocycles. The number of carbonyl (C=O) groups is 1. The van der Waals surface area contributed by atoms with Crippen molar-refractivity contribution in [1.29, 1.82) is 0 Å². The van der Waals surface area contributed by atoms with E-state index in [0.29, 0.717) is 11.3 Å². The van der Waals surface area contributed by atoms with Crippen molar-refractivity contribution < 1.29 is 9.18 Å². The molecule has 0 spiro atoms. The van der Waals surface area contributed by atoms with Gasteiger partial charge < -0.3 is 9.88 Å². The lowest BCUT2D eigenvalue weighted by Crippen LogP contribution is -2.22. The maximum atomic E-state index is 13.0. The predicted octanol–water partition coefficient (Wildman–Crippen LogP) is 2.68. The van der Waals surface area contributed by atoms with Gasteiger partial charge in [0.25, 0.3) is 11.5 Å². The number of pyridine rings is 2. The molecule has 24 heavy (non-hydrogen) atoms. The van der Waals surface area contributed by atoms with Gasteiger partial charge in [0.2, 0.25) is 0 Å². The summed E-state index contributed by atoms with van der Waals surface area (Å²) in [6, 6.07) is 12.1. The number of hydrogen-bond donors (Lipinski definition) is 1. The number of nitrogens with one attached hydrogen (secondary N) is 1. The quantitative estimate of drug-likeness (QED) is 0.803. The molecular formula is C18H14FN3O2. The monoisotopic (exact) mass is 323 g/mol. The molecule has 120 valence electrons. The summed E-state index contributed by atoms with van der Waals surface area (Å²) in [4.78, 5) is 28.2. The third kappa shape index (κ3) is 3.73. The Labute approximate surface area is 137 Å². The number of carbonyl (C=O) groups excluding carboxylic acids is 1. The molecule has 2 aromatic heterocycles. The van der Waals surface area contributed by atoms with Crippen LogP contribution in [-0.4, -0.2) is 15.5 Å². The molecule has 0 bridgehead atoms. The summed E-state index contributed by atoms with van der Waals surface area (Å²) in [5.41, 5.74) is 1.44. The van der Waals surface area contributed by atoms with Gasteiger partial charge in [-0.25, -0.2) is 4.39 Å². The predicted molar refractivity (Wildman–Crippen MR) is 88.4 cm³/mol. The topological polar surface area (TPSA) is 64.0 Å². The summed E-state index contributed by atoms with van der Waals surface area (Å²) in [6.45, 7) is 0.257. The highest BCUT2D eigenvalue weighted by Gasteiger charge is 2.08. The van der Waals surface area contributed by atoms with Crippen LogP contribution < -0.4 is 10.9 Å². The average molecular weight is 323 g/mol. The van der Waals surface area contributed by atoms with Crippen LogP contribution in [0.15, 0.2) is 71.9 Å². The molecule has 2 heterocycles. The molecule has 1 amide bonds. The Morgan fingerprint density at radius 3 is 2.62 bits per heavy atom. The Morgan fingerprint density at radius 2 is 1.92 bits per heavy atom. The fourth-order valence-corrected chi connectivity index (χ4v) is 2.22. The third-order valence-corrected chi connectivity index (χ3v) is 3.43. The summed E-state index contributed by atoms with van der Waals surface area (Å²) in [7, 11) is 0.